The number of thioether (sulfide) groups is 1. The first-order valence-electron chi connectivity index (χ1n) is 4.55. The molecular weight excluding hydrogens is 282 g/mol. The molecule has 1 unspecified atom stereocenters. The average Bonchev–Trinajstić information content (AvgIpc) is 2.63. The number of thiophene rings is 1. The van der Waals surface area contributed by atoms with Gasteiger partial charge in [-0.2, -0.15) is 0 Å². The first-order chi connectivity index (χ1) is 6.84. The van der Waals surface area contributed by atoms with E-state index in [2.05, 4.69) is 33.4 Å². The highest BCUT2D eigenvalue weighted by molar-refractivity contribution is 9.11. The third-order valence-corrected chi connectivity index (χ3v) is 4.95. The molecule has 2 nitrogen and oxygen atoms in total. The van der Waals surface area contributed by atoms with E-state index in [1.807, 2.05) is 11.8 Å². The van der Waals surface area contributed by atoms with Gasteiger partial charge in [0.25, 0.3) is 0 Å². The van der Waals surface area contributed by atoms with Crippen molar-refractivity contribution in [3.63, 3.8) is 0 Å². The quantitative estimate of drug-likeness (QED) is 0.866. The average molecular weight is 294 g/mol. The number of hydrogen-bond donors (Lipinski definition) is 1. The normalized spacial score (nSPS) is 22.5. The van der Waals surface area contributed by atoms with Crippen LogP contribution in [0, 0.1) is 0 Å². The zero-order chi connectivity index (χ0) is 9.80. The predicted octanol–water partition coefficient (Wildman–Crippen LogP) is 2.59. The molecule has 2 rings (SSSR count). The smallest absolute Gasteiger partial charge is 0.0794 e. The van der Waals surface area contributed by atoms with Gasteiger partial charge in [-0.1, -0.05) is 0 Å². The molecule has 2 heterocycles. The number of nitrogens with one attached hydrogen (secondary N) is 1. The van der Waals surface area contributed by atoms with Gasteiger partial charge in [0.1, 0.15) is 0 Å². The maximum absolute atomic E-state index is 5.62. The van der Waals surface area contributed by atoms with E-state index in [9.17, 15) is 0 Å². The molecule has 1 N–H and O–H groups in total. The third-order valence-electron chi connectivity index (χ3n) is 1.96. The van der Waals surface area contributed by atoms with Crippen LogP contribution >= 0.6 is 39.0 Å². The van der Waals surface area contributed by atoms with Crippen LogP contribution in [0.5, 0.6) is 0 Å². The second-order valence-corrected chi connectivity index (χ2v) is 6.85. The second kappa shape index (κ2) is 5.51. The molecule has 0 amide bonds. The highest BCUT2D eigenvalue weighted by Gasteiger charge is 2.13. The molecule has 1 aliphatic heterocycles. The number of hydrogen-bond acceptors (Lipinski definition) is 4. The van der Waals surface area contributed by atoms with Crippen LogP contribution in [0.15, 0.2) is 20.1 Å². The summed E-state index contributed by atoms with van der Waals surface area (Å²) in [7, 11) is 0. The first kappa shape index (κ1) is 11.0. The zero-order valence-electron chi connectivity index (χ0n) is 7.66. The van der Waals surface area contributed by atoms with E-state index in [4.69, 9.17) is 4.74 Å². The van der Waals surface area contributed by atoms with Crippen molar-refractivity contribution in [2.45, 2.75) is 10.3 Å². The highest BCUT2D eigenvalue weighted by Crippen LogP contribution is 2.31. The van der Waals surface area contributed by atoms with E-state index < -0.39 is 0 Å². The van der Waals surface area contributed by atoms with Gasteiger partial charge in [-0.15, -0.1) is 23.1 Å². The van der Waals surface area contributed by atoms with Crippen molar-refractivity contribution in [2.75, 3.05) is 25.4 Å². The minimum absolute atomic E-state index is 0.370. The van der Waals surface area contributed by atoms with Gasteiger partial charge in [-0.3, -0.25) is 0 Å². The van der Waals surface area contributed by atoms with E-state index in [0.717, 1.165) is 25.4 Å². The van der Waals surface area contributed by atoms with Crippen molar-refractivity contribution in [1.29, 1.82) is 0 Å². The first-order valence-corrected chi connectivity index (χ1v) is 7.14. The largest absolute Gasteiger partial charge is 0.375 e. The Kier molecular flexibility index (Phi) is 4.31. The molecule has 1 aromatic rings. The number of ether oxygens (including phenoxy) is 1. The van der Waals surface area contributed by atoms with Crippen LogP contribution in [0.2, 0.25) is 0 Å². The predicted molar refractivity (Wildman–Crippen MR) is 65.4 cm³/mol. The summed E-state index contributed by atoms with van der Waals surface area (Å²) in [6, 6.07) is 4.24. The van der Waals surface area contributed by atoms with Gasteiger partial charge < -0.3 is 10.1 Å². The van der Waals surface area contributed by atoms with E-state index in [1.54, 1.807) is 11.3 Å². The van der Waals surface area contributed by atoms with Gasteiger partial charge in [0.05, 0.1) is 20.7 Å². The lowest BCUT2D eigenvalue weighted by molar-refractivity contribution is 0.0441. The Bertz CT molecular complexity index is 286. The molecule has 5 heteroatoms. The Morgan fingerprint density at radius 1 is 1.64 bits per heavy atom. The SMILES string of the molecule is Brc1ccc(SCC2CNCCO2)s1. The molecule has 1 aromatic heterocycles. The highest BCUT2D eigenvalue weighted by atomic mass is 79.9. The van der Waals surface area contributed by atoms with E-state index in [1.165, 1.54) is 8.00 Å². The summed E-state index contributed by atoms with van der Waals surface area (Å²) in [5, 5.41) is 3.33. The molecule has 0 aromatic carbocycles. The Morgan fingerprint density at radius 3 is 3.21 bits per heavy atom. The van der Waals surface area contributed by atoms with Crippen LogP contribution in [-0.2, 0) is 4.74 Å². The Balaban J connectivity index is 1.76. The lowest BCUT2D eigenvalue weighted by atomic mass is 10.3. The number of rotatable bonds is 3. The van der Waals surface area contributed by atoms with Crippen molar-refractivity contribution in [1.82, 2.24) is 5.32 Å². The molecule has 0 radical (unpaired) electrons. The van der Waals surface area contributed by atoms with Crippen LogP contribution in [0.25, 0.3) is 0 Å². The van der Waals surface area contributed by atoms with Gasteiger partial charge >= 0.3 is 0 Å². The topological polar surface area (TPSA) is 21.3 Å². The summed E-state index contributed by atoms with van der Waals surface area (Å²) in [4.78, 5) is 0. The molecule has 0 aliphatic carbocycles. The molecule has 0 bridgehead atoms. The van der Waals surface area contributed by atoms with E-state index in [0.29, 0.717) is 6.10 Å². The van der Waals surface area contributed by atoms with Gasteiger partial charge in [0.2, 0.25) is 0 Å². The molecule has 14 heavy (non-hydrogen) atoms. The van der Waals surface area contributed by atoms with Crippen LogP contribution in [-0.4, -0.2) is 31.6 Å². The third kappa shape index (κ3) is 3.24. The maximum Gasteiger partial charge on any atom is 0.0794 e. The Labute approximate surface area is 101 Å². The summed E-state index contributed by atoms with van der Waals surface area (Å²) in [5.74, 6) is 1.04. The van der Waals surface area contributed by atoms with Gasteiger partial charge in [0, 0.05) is 18.8 Å². The second-order valence-electron chi connectivity index (χ2n) is 3.07. The molecule has 1 atom stereocenters. The van der Waals surface area contributed by atoms with Gasteiger partial charge in [-0.05, 0) is 28.1 Å². The van der Waals surface area contributed by atoms with E-state index >= 15 is 0 Å². The van der Waals surface area contributed by atoms with Crippen molar-refractivity contribution >= 4 is 39.0 Å². The van der Waals surface area contributed by atoms with Crippen molar-refractivity contribution < 1.29 is 4.74 Å². The van der Waals surface area contributed by atoms with Crippen molar-refractivity contribution in [3.8, 4) is 0 Å². The molecule has 0 spiro atoms. The fraction of sp³-hybridized carbons (Fsp3) is 0.556. The molecule has 1 aliphatic rings. The maximum atomic E-state index is 5.62. The Hall–Kier alpha value is 0.450. The lowest BCUT2D eigenvalue weighted by Crippen LogP contribution is -2.39. The van der Waals surface area contributed by atoms with Crippen LogP contribution in [0.1, 0.15) is 0 Å². The van der Waals surface area contributed by atoms with Crippen molar-refractivity contribution in [3.05, 3.63) is 15.9 Å². The standard InChI is InChI=1S/C9H12BrNOS2/c10-8-1-2-9(14-8)13-6-7-5-11-3-4-12-7/h1-2,7,11H,3-6H2. The van der Waals surface area contributed by atoms with Crippen LogP contribution in [0.4, 0.5) is 0 Å². The zero-order valence-corrected chi connectivity index (χ0v) is 10.9. The number of morpholine rings is 1. The molecule has 78 valence electrons. The van der Waals surface area contributed by atoms with Crippen molar-refractivity contribution in [2.24, 2.45) is 0 Å². The minimum Gasteiger partial charge on any atom is -0.375 e. The number of halogens is 1. The fourth-order valence-electron chi connectivity index (χ4n) is 1.28. The van der Waals surface area contributed by atoms with Crippen LogP contribution in [0.3, 0.4) is 0 Å². The van der Waals surface area contributed by atoms with Gasteiger partial charge in [0.15, 0.2) is 0 Å². The lowest BCUT2D eigenvalue weighted by Gasteiger charge is -2.22. The summed E-state index contributed by atoms with van der Waals surface area (Å²) >= 11 is 7.11. The monoisotopic (exact) mass is 293 g/mol. The van der Waals surface area contributed by atoms with E-state index in [-0.39, 0.29) is 0 Å². The summed E-state index contributed by atoms with van der Waals surface area (Å²) < 4.78 is 8.17. The molecule has 1 saturated heterocycles. The van der Waals surface area contributed by atoms with Gasteiger partial charge in [-0.25, -0.2) is 0 Å². The minimum atomic E-state index is 0.370. The molecule has 1 fully saturated rings. The molecular formula is C9H12BrNOS2. The Morgan fingerprint density at radius 2 is 2.57 bits per heavy atom. The van der Waals surface area contributed by atoms with Crippen LogP contribution < -0.4 is 5.32 Å². The summed E-state index contributed by atoms with van der Waals surface area (Å²) in [6.45, 7) is 2.82. The summed E-state index contributed by atoms with van der Waals surface area (Å²) in [5.41, 5.74) is 0. The fourth-order valence-corrected chi connectivity index (χ4v) is 4.16. The summed E-state index contributed by atoms with van der Waals surface area (Å²) in [6.07, 6.45) is 0.370. The molecule has 0 saturated carbocycles.